The predicted molar refractivity (Wildman–Crippen MR) is 49.4 cm³/mol. The van der Waals surface area contributed by atoms with Crippen molar-refractivity contribution in [1.82, 2.24) is 0 Å². The standard InChI is InChI=1S/C10H12NO/c1-3-9-6-4-5-7-10(9)8-11-12-2/h4-7H,3H2,1-2H3. The van der Waals surface area contributed by atoms with Gasteiger partial charge >= 0.3 is 0 Å². The van der Waals surface area contributed by atoms with Gasteiger partial charge in [-0.2, -0.15) is 0 Å². The van der Waals surface area contributed by atoms with E-state index in [4.69, 9.17) is 0 Å². The van der Waals surface area contributed by atoms with Crippen LogP contribution < -0.4 is 0 Å². The van der Waals surface area contributed by atoms with Crippen LogP contribution in [-0.2, 0) is 11.3 Å². The lowest BCUT2D eigenvalue weighted by atomic mass is 10.1. The van der Waals surface area contributed by atoms with Gasteiger partial charge in [0.25, 0.3) is 0 Å². The van der Waals surface area contributed by atoms with E-state index in [9.17, 15) is 0 Å². The van der Waals surface area contributed by atoms with E-state index >= 15 is 0 Å². The summed E-state index contributed by atoms with van der Waals surface area (Å²) in [5.74, 6) is 0. The Kier molecular flexibility index (Phi) is 3.33. The smallest absolute Gasteiger partial charge is 0.139 e. The third kappa shape index (κ3) is 2.09. The number of aryl methyl sites for hydroxylation is 1. The average Bonchev–Trinajstić information content (AvgIpc) is 2.15. The van der Waals surface area contributed by atoms with E-state index in [1.807, 2.05) is 18.2 Å². The molecular formula is C10H12NO. The molecule has 1 aromatic rings. The third-order valence-electron chi connectivity index (χ3n) is 1.66. The van der Waals surface area contributed by atoms with Crippen LogP contribution in [0.5, 0.6) is 0 Å². The monoisotopic (exact) mass is 162 g/mol. The Labute approximate surface area is 72.9 Å². The summed E-state index contributed by atoms with van der Waals surface area (Å²) in [6.07, 6.45) is 3.81. The van der Waals surface area contributed by atoms with Gasteiger partial charge in [0.15, 0.2) is 0 Å². The molecule has 0 heterocycles. The lowest BCUT2D eigenvalue weighted by molar-refractivity contribution is 0.215. The maximum atomic E-state index is 4.56. The average molecular weight is 162 g/mol. The van der Waals surface area contributed by atoms with Crippen LogP contribution in [0.3, 0.4) is 0 Å². The van der Waals surface area contributed by atoms with Gasteiger partial charge in [0.05, 0.1) is 0 Å². The van der Waals surface area contributed by atoms with Crippen LogP contribution in [0.2, 0.25) is 0 Å². The van der Waals surface area contributed by atoms with Crippen molar-refractivity contribution in [1.29, 1.82) is 0 Å². The Bertz CT molecular complexity index is 268. The first kappa shape index (κ1) is 8.78. The second-order valence-corrected chi connectivity index (χ2v) is 2.40. The number of benzene rings is 1. The fourth-order valence-corrected chi connectivity index (χ4v) is 1.03. The van der Waals surface area contributed by atoms with E-state index in [2.05, 4.69) is 29.2 Å². The van der Waals surface area contributed by atoms with Crippen molar-refractivity contribution in [2.75, 3.05) is 7.11 Å². The number of rotatable bonds is 3. The molecule has 0 fully saturated rings. The molecule has 0 saturated heterocycles. The normalized spacial score (nSPS) is 10.5. The Morgan fingerprint density at radius 1 is 1.42 bits per heavy atom. The summed E-state index contributed by atoms with van der Waals surface area (Å²) in [6, 6.07) is 8.01. The van der Waals surface area contributed by atoms with Crippen LogP contribution in [0.15, 0.2) is 29.4 Å². The Morgan fingerprint density at radius 3 is 2.83 bits per heavy atom. The largest absolute Gasteiger partial charge is 0.399 e. The molecule has 0 unspecified atom stereocenters. The van der Waals surface area contributed by atoms with Crippen molar-refractivity contribution >= 4 is 6.21 Å². The molecule has 2 nitrogen and oxygen atoms in total. The fourth-order valence-electron chi connectivity index (χ4n) is 1.03. The fraction of sp³-hybridized carbons (Fsp3) is 0.300. The van der Waals surface area contributed by atoms with Gasteiger partial charge in [-0.05, 0) is 12.0 Å². The highest BCUT2D eigenvalue weighted by Gasteiger charge is 1.95. The molecule has 1 radical (unpaired) electrons. The van der Waals surface area contributed by atoms with Gasteiger partial charge in [-0.15, -0.1) is 0 Å². The van der Waals surface area contributed by atoms with E-state index in [-0.39, 0.29) is 0 Å². The third-order valence-corrected chi connectivity index (χ3v) is 1.66. The Balaban J connectivity index is 2.89. The van der Waals surface area contributed by atoms with Gasteiger partial charge < -0.3 is 4.84 Å². The molecule has 0 spiro atoms. The van der Waals surface area contributed by atoms with Crippen LogP contribution in [0, 0.1) is 0 Å². The second kappa shape index (κ2) is 4.54. The van der Waals surface area contributed by atoms with E-state index in [1.54, 1.807) is 0 Å². The van der Waals surface area contributed by atoms with Crippen LogP contribution in [0.25, 0.3) is 0 Å². The number of nitrogens with zero attached hydrogens (tertiary/aromatic N) is 1. The Morgan fingerprint density at radius 2 is 2.17 bits per heavy atom. The van der Waals surface area contributed by atoms with Crippen LogP contribution >= 0.6 is 0 Å². The summed E-state index contributed by atoms with van der Waals surface area (Å²) in [7, 11) is 1.52. The molecule has 12 heavy (non-hydrogen) atoms. The minimum absolute atomic E-state index is 0.988. The zero-order valence-corrected chi connectivity index (χ0v) is 7.37. The van der Waals surface area contributed by atoms with Gasteiger partial charge in [0.1, 0.15) is 13.3 Å². The minimum atomic E-state index is 0.988. The van der Waals surface area contributed by atoms with Gasteiger partial charge in [-0.3, -0.25) is 0 Å². The predicted octanol–water partition coefficient (Wildman–Crippen LogP) is 2.11. The molecule has 0 bridgehead atoms. The van der Waals surface area contributed by atoms with Gasteiger partial charge in [0.2, 0.25) is 0 Å². The van der Waals surface area contributed by atoms with E-state index in [0.717, 1.165) is 12.0 Å². The van der Waals surface area contributed by atoms with Gasteiger partial charge in [-0.1, -0.05) is 36.3 Å². The van der Waals surface area contributed by atoms with Gasteiger partial charge in [-0.25, -0.2) is 0 Å². The summed E-state index contributed by atoms with van der Waals surface area (Å²) in [4.78, 5) is 4.56. The number of hydrogen-bond acceptors (Lipinski definition) is 2. The van der Waals surface area contributed by atoms with Crippen molar-refractivity contribution in [3.05, 3.63) is 35.4 Å². The maximum Gasteiger partial charge on any atom is 0.139 e. The molecule has 2 heteroatoms. The molecule has 0 atom stereocenters. The zero-order chi connectivity index (χ0) is 8.81. The molecule has 0 amide bonds. The first-order valence-electron chi connectivity index (χ1n) is 3.95. The highest BCUT2D eigenvalue weighted by molar-refractivity contribution is 5.81. The minimum Gasteiger partial charge on any atom is -0.399 e. The topological polar surface area (TPSA) is 21.6 Å². The molecular weight excluding hydrogens is 150 g/mol. The van der Waals surface area contributed by atoms with Crippen molar-refractivity contribution in [3.63, 3.8) is 0 Å². The van der Waals surface area contributed by atoms with Crippen molar-refractivity contribution in [2.45, 2.75) is 13.3 Å². The first-order valence-corrected chi connectivity index (χ1v) is 3.95. The lowest BCUT2D eigenvalue weighted by Gasteiger charge is -1.99. The molecule has 0 aromatic heterocycles. The second-order valence-electron chi connectivity index (χ2n) is 2.40. The highest BCUT2D eigenvalue weighted by Crippen LogP contribution is 2.06. The van der Waals surface area contributed by atoms with E-state index < -0.39 is 0 Å². The van der Waals surface area contributed by atoms with Crippen LogP contribution in [0.1, 0.15) is 18.1 Å². The summed E-state index contributed by atoms with van der Waals surface area (Å²) in [5.41, 5.74) is 2.24. The molecule has 0 aliphatic carbocycles. The quantitative estimate of drug-likeness (QED) is 0.492. The molecule has 0 N–H and O–H groups in total. The lowest BCUT2D eigenvalue weighted by Crippen LogP contribution is -1.90. The maximum absolute atomic E-state index is 4.56. The zero-order valence-electron chi connectivity index (χ0n) is 7.37. The molecule has 0 aliphatic heterocycles. The summed E-state index contributed by atoms with van der Waals surface area (Å²) in [5, 5.41) is 3.60. The van der Waals surface area contributed by atoms with Crippen molar-refractivity contribution in [2.24, 2.45) is 5.16 Å². The summed E-state index contributed by atoms with van der Waals surface area (Å²) < 4.78 is 0. The Hall–Kier alpha value is -1.31. The highest BCUT2D eigenvalue weighted by atomic mass is 16.6. The molecule has 0 saturated carbocycles. The summed E-state index contributed by atoms with van der Waals surface area (Å²) in [6.45, 7) is 2.10. The summed E-state index contributed by atoms with van der Waals surface area (Å²) >= 11 is 0. The molecule has 63 valence electrons. The van der Waals surface area contributed by atoms with E-state index in [1.165, 1.54) is 12.7 Å². The first-order chi connectivity index (χ1) is 5.88. The van der Waals surface area contributed by atoms with Crippen molar-refractivity contribution in [3.8, 4) is 0 Å². The number of hydrogen-bond donors (Lipinski definition) is 0. The molecule has 1 aromatic carbocycles. The molecule has 0 aliphatic rings. The van der Waals surface area contributed by atoms with Crippen molar-refractivity contribution < 1.29 is 4.84 Å². The molecule has 1 rings (SSSR count). The van der Waals surface area contributed by atoms with Crippen LogP contribution in [-0.4, -0.2) is 13.3 Å². The van der Waals surface area contributed by atoms with E-state index in [0.29, 0.717) is 0 Å². The van der Waals surface area contributed by atoms with Gasteiger partial charge in [0, 0.05) is 5.56 Å². The van der Waals surface area contributed by atoms with Crippen LogP contribution in [0.4, 0.5) is 0 Å². The SMILES string of the molecule is CCc1ccccc1/[C]=N\OC.